The number of hydrogen-bond donors (Lipinski definition) is 1. The van der Waals surface area contributed by atoms with E-state index >= 15 is 0 Å². The highest BCUT2D eigenvalue weighted by molar-refractivity contribution is 5.84. The minimum absolute atomic E-state index is 0.00629. The third-order valence-electron chi connectivity index (χ3n) is 3.39. The molecule has 1 unspecified atom stereocenters. The molecule has 0 aliphatic heterocycles. The highest BCUT2D eigenvalue weighted by atomic mass is 16.6. The zero-order valence-electron chi connectivity index (χ0n) is 11.7. The van der Waals surface area contributed by atoms with E-state index in [1.54, 1.807) is 20.8 Å². The van der Waals surface area contributed by atoms with E-state index in [1.807, 2.05) is 6.92 Å². The second kappa shape index (κ2) is 5.98. The van der Waals surface area contributed by atoms with Gasteiger partial charge in [0.25, 0.3) is 0 Å². The van der Waals surface area contributed by atoms with E-state index in [1.165, 1.54) is 6.92 Å². The summed E-state index contributed by atoms with van der Waals surface area (Å²) in [6.45, 7) is 7.90. The number of ether oxygens (including phenoxy) is 1. The van der Waals surface area contributed by atoms with Gasteiger partial charge in [0.05, 0.1) is 5.41 Å². The van der Waals surface area contributed by atoms with Crippen molar-refractivity contribution < 1.29 is 24.2 Å². The van der Waals surface area contributed by atoms with Crippen LogP contribution in [-0.4, -0.2) is 29.4 Å². The lowest BCUT2D eigenvalue weighted by Crippen LogP contribution is -2.37. The van der Waals surface area contributed by atoms with Crippen molar-refractivity contribution in [1.82, 2.24) is 0 Å². The molecule has 0 fully saturated rings. The van der Waals surface area contributed by atoms with Gasteiger partial charge in [0.2, 0.25) is 0 Å². The highest BCUT2D eigenvalue weighted by Gasteiger charge is 2.40. The van der Waals surface area contributed by atoms with Gasteiger partial charge in [0.15, 0.2) is 6.61 Å². The predicted octanol–water partition coefficient (Wildman–Crippen LogP) is 2.04. The summed E-state index contributed by atoms with van der Waals surface area (Å²) in [5.74, 6) is -1.76. The second-order valence-electron chi connectivity index (χ2n) is 5.50. The smallest absolute Gasteiger partial charge is 0.341 e. The Morgan fingerprint density at radius 1 is 1.17 bits per heavy atom. The Balaban J connectivity index is 4.85. The molecule has 0 saturated heterocycles. The van der Waals surface area contributed by atoms with Gasteiger partial charge in [-0.2, -0.15) is 0 Å². The number of esters is 1. The summed E-state index contributed by atoms with van der Waals surface area (Å²) < 4.78 is 4.74. The number of Topliss-reactive ketones (excluding diaryl/α,β-unsaturated/α-hetero) is 1. The Morgan fingerprint density at radius 2 is 1.67 bits per heavy atom. The summed E-state index contributed by atoms with van der Waals surface area (Å²) in [5.41, 5.74) is -1.47. The Kier molecular flexibility index (Phi) is 5.52. The molecular weight excluding hydrogens is 236 g/mol. The number of carbonyl (C=O) groups excluding carboxylic acids is 2. The van der Waals surface area contributed by atoms with Gasteiger partial charge in [-0.3, -0.25) is 9.59 Å². The Labute approximate surface area is 108 Å². The third kappa shape index (κ3) is 4.47. The van der Waals surface area contributed by atoms with Crippen molar-refractivity contribution in [3.05, 3.63) is 0 Å². The van der Waals surface area contributed by atoms with E-state index in [2.05, 4.69) is 0 Å². The van der Waals surface area contributed by atoms with Gasteiger partial charge < -0.3 is 9.84 Å². The average Bonchev–Trinajstić information content (AvgIpc) is 2.24. The van der Waals surface area contributed by atoms with E-state index in [-0.39, 0.29) is 5.78 Å². The molecule has 1 atom stereocenters. The zero-order valence-corrected chi connectivity index (χ0v) is 11.7. The fourth-order valence-electron chi connectivity index (χ4n) is 1.74. The van der Waals surface area contributed by atoms with Crippen LogP contribution in [0.5, 0.6) is 0 Å². The Hall–Kier alpha value is -1.39. The van der Waals surface area contributed by atoms with E-state index in [0.717, 1.165) is 0 Å². The number of hydrogen-bond acceptors (Lipinski definition) is 4. The van der Waals surface area contributed by atoms with Crippen molar-refractivity contribution >= 4 is 17.7 Å². The summed E-state index contributed by atoms with van der Waals surface area (Å²) in [5, 5.41) is 8.49. The normalized spacial score (nSPS) is 14.7. The minimum Gasteiger partial charge on any atom is -0.479 e. The molecule has 0 amide bonds. The van der Waals surface area contributed by atoms with Crippen molar-refractivity contribution in [3.8, 4) is 0 Å². The molecule has 5 heteroatoms. The molecule has 0 radical (unpaired) electrons. The van der Waals surface area contributed by atoms with Crippen LogP contribution in [0.15, 0.2) is 0 Å². The van der Waals surface area contributed by atoms with Crippen LogP contribution in [0.2, 0.25) is 0 Å². The van der Waals surface area contributed by atoms with Crippen LogP contribution in [-0.2, 0) is 19.1 Å². The summed E-state index contributed by atoms with van der Waals surface area (Å²) in [6.07, 6.45) is 0.826. The van der Waals surface area contributed by atoms with Crippen LogP contribution in [0.1, 0.15) is 47.5 Å². The van der Waals surface area contributed by atoms with Crippen LogP contribution in [0.4, 0.5) is 0 Å². The number of carboxylic acids is 1. The van der Waals surface area contributed by atoms with E-state index in [9.17, 15) is 14.4 Å². The van der Waals surface area contributed by atoms with Crippen LogP contribution >= 0.6 is 0 Å². The van der Waals surface area contributed by atoms with Gasteiger partial charge in [-0.05, 0) is 26.7 Å². The average molecular weight is 258 g/mol. The summed E-state index contributed by atoms with van der Waals surface area (Å²) in [6, 6.07) is 0. The van der Waals surface area contributed by atoms with Crippen LogP contribution < -0.4 is 0 Å². The molecule has 0 spiro atoms. The van der Waals surface area contributed by atoms with Gasteiger partial charge in [-0.25, -0.2) is 4.79 Å². The van der Waals surface area contributed by atoms with Crippen molar-refractivity contribution in [3.63, 3.8) is 0 Å². The maximum absolute atomic E-state index is 11.9. The SMILES string of the molecule is CCC(C)(CC(C)(C)C(C)=O)C(=O)OCC(=O)O. The fourth-order valence-corrected chi connectivity index (χ4v) is 1.74. The van der Waals surface area contributed by atoms with Crippen molar-refractivity contribution in [2.75, 3.05) is 6.61 Å². The quantitative estimate of drug-likeness (QED) is 0.707. The first-order valence-corrected chi connectivity index (χ1v) is 5.95. The van der Waals surface area contributed by atoms with Gasteiger partial charge in [0.1, 0.15) is 5.78 Å². The van der Waals surface area contributed by atoms with Gasteiger partial charge in [-0.1, -0.05) is 20.8 Å². The number of carboxylic acid groups (broad SMARTS) is 1. The highest BCUT2D eigenvalue weighted by Crippen LogP contribution is 2.38. The van der Waals surface area contributed by atoms with E-state index in [4.69, 9.17) is 9.84 Å². The largest absolute Gasteiger partial charge is 0.479 e. The summed E-state index contributed by atoms with van der Waals surface area (Å²) in [7, 11) is 0. The Morgan fingerprint density at radius 3 is 2.00 bits per heavy atom. The minimum atomic E-state index is -1.19. The lowest BCUT2D eigenvalue weighted by molar-refractivity contribution is -0.164. The molecule has 0 heterocycles. The molecule has 0 aliphatic rings. The number of carbonyl (C=O) groups is 3. The van der Waals surface area contributed by atoms with Crippen LogP contribution in [0.25, 0.3) is 0 Å². The standard InChI is InChI=1S/C13H22O5/c1-6-13(5,8-12(3,4)9(2)14)11(17)18-7-10(15)16/h6-8H2,1-5H3,(H,15,16). The first kappa shape index (κ1) is 16.6. The maximum atomic E-state index is 11.9. The summed E-state index contributed by atoms with van der Waals surface area (Å²) >= 11 is 0. The Bertz CT molecular complexity index is 345. The first-order chi connectivity index (χ1) is 8.05. The van der Waals surface area contributed by atoms with Crippen molar-refractivity contribution in [2.24, 2.45) is 10.8 Å². The monoisotopic (exact) mass is 258 g/mol. The lowest BCUT2D eigenvalue weighted by Gasteiger charge is -2.33. The van der Waals surface area contributed by atoms with Gasteiger partial charge in [-0.15, -0.1) is 0 Å². The predicted molar refractivity (Wildman–Crippen MR) is 66.1 cm³/mol. The molecule has 0 aromatic heterocycles. The molecule has 104 valence electrons. The molecule has 0 bridgehead atoms. The molecule has 0 rings (SSSR count). The molecule has 1 N–H and O–H groups in total. The van der Waals surface area contributed by atoms with Crippen molar-refractivity contribution in [1.29, 1.82) is 0 Å². The number of rotatable bonds is 7. The second-order valence-corrected chi connectivity index (χ2v) is 5.50. The number of aliphatic carboxylic acids is 1. The van der Waals surface area contributed by atoms with E-state index < -0.39 is 29.4 Å². The lowest BCUT2D eigenvalue weighted by atomic mass is 9.71. The molecule has 18 heavy (non-hydrogen) atoms. The zero-order chi connectivity index (χ0) is 14.6. The first-order valence-electron chi connectivity index (χ1n) is 5.95. The molecule has 0 aromatic carbocycles. The van der Waals surface area contributed by atoms with Crippen LogP contribution in [0.3, 0.4) is 0 Å². The molecule has 5 nitrogen and oxygen atoms in total. The number of ketones is 1. The van der Waals surface area contributed by atoms with Gasteiger partial charge >= 0.3 is 11.9 Å². The topological polar surface area (TPSA) is 80.7 Å². The van der Waals surface area contributed by atoms with Gasteiger partial charge in [0, 0.05) is 5.41 Å². The molecular formula is C13H22O5. The molecule has 0 aromatic rings. The van der Waals surface area contributed by atoms with Crippen molar-refractivity contribution in [2.45, 2.75) is 47.5 Å². The van der Waals surface area contributed by atoms with E-state index in [0.29, 0.717) is 12.8 Å². The van der Waals surface area contributed by atoms with Crippen LogP contribution in [0, 0.1) is 10.8 Å². The fraction of sp³-hybridized carbons (Fsp3) is 0.769. The molecule has 0 saturated carbocycles. The maximum Gasteiger partial charge on any atom is 0.341 e. The molecule has 0 aliphatic carbocycles. The third-order valence-corrected chi connectivity index (χ3v) is 3.39. The summed E-state index contributed by atoms with van der Waals surface area (Å²) in [4.78, 5) is 33.8.